The Morgan fingerprint density at radius 2 is 1.47 bits per heavy atom. The number of rotatable bonds is 5. The number of hydrogen-bond donors (Lipinski definition) is 2. The van der Waals surface area contributed by atoms with Crippen molar-refractivity contribution in [2.75, 3.05) is 6.61 Å². The van der Waals surface area contributed by atoms with E-state index in [1.165, 1.54) is 11.8 Å². The number of amides is 2. The lowest BCUT2D eigenvalue weighted by molar-refractivity contribution is -0.135. The lowest BCUT2D eigenvalue weighted by Crippen LogP contribution is -2.51. The van der Waals surface area contributed by atoms with E-state index in [0.29, 0.717) is 11.5 Å². The number of carbonyl (C=O) groups is 2. The zero-order chi connectivity index (χ0) is 20.8. The molecule has 4 rings (SSSR count). The third kappa shape index (κ3) is 4.75. The molecule has 0 spiro atoms. The van der Waals surface area contributed by atoms with Gasteiger partial charge in [0.2, 0.25) is 6.10 Å². The molecule has 0 unspecified atom stereocenters. The van der Waals surface area contributed by atoms with Gasteiger partial charge in [-0.15, -0.1) is 11.8 Å². The molecule has 0 radical (unpaired) electrons. The molecule has 1 heterocycles. The van der Waals surface area contributed by atoms with Gasteiger partial charge in [0.25, 0.3) is 11.8 Å². The van der Waals surface area contributed by atoms with E-state index in [1.807, 2.05) is 66.7 Å². The third-order valence-corrected chi connectivity index (χ3v) is 5.71. The minimum absolute atomic E-state index is 0.0690. The number of fused-ring (bicyclic) bond motifs is 1. The van der Waals surface area contributed by atoms with Gasteiger partial charge in [-0.2, -0.15) is 0 Å². The number of ether oxygens (including phenoxy) is 2. The quantitative estimate of drug-likeness (QED) is 0.488. The molecule has 0 saturated carbocycles. The Bertz CT molecular complexity index is 1010. The molecule has 0 bridgehead atoms. The third-order valence-electron chi connectivity index (χ3n) is 4.45. The molecule has 0 fully saturated rings. The summed E-state index contributed by atoms with van der Waals surface area (Å²) in [4.78, 5) is 26.4. The summed E-state index contributed by atoms with van der Waals surface area (Å²) in [7, 11) is 0. The lowest BCUT2D eigenvalue weighted by atomic mass is 10.1. The molecule has 30 heavy (non-hydrogen) atoms. The summed E-state index contributed by atoms with van der Waals surface area (Å²) >= 11 is 1.41. The predicted molar refractivity (Wildman–Crippen MR) is 114 cm³/mol. The van der Waals surface area contributed by atoms with Crippen LogP contribution < -0.4 is 20.3 Å². The monoisotopic (exact) mass is 420 g/mol. The summed E-state index contributed by atoms with van der Waals surface area (Å²) in [5.74, 6) is 0.279. The standard InChI is InChI=1S/C23H20N2O4S/c26-22(20-15-28-18-13-7-8-14-19(18)29-20)24-25-23(27)21(16-9-3-1-4-10-16)30-17-11-5-2-6-12-17/h1-14,20-21H,15H2,(H,24,26)(H,25,27)/t20-,21+/m0/s1. The number of nitrogens with one attached hydrogen (secondary N) is 2. The summed E-state index contributed by atoms with van der Waals surface area (Å²) in [5.41, 5.74) is 5.83. The van der Waals surface area contributed by atoms with Crippen molar-refractivity contribution < 1.29 is 19.1 Å². The summed E-state index contributed by atoms with van der Waals surface area (Å²) in [6, 6.07) is 26.2. The van der Waals surface area contributed by atoms with Gasteiger partial charge in [-0.3, -0.25) is 20.4 Å². The first-order valence-corrected chi connectivity index (χ1v) is 10.3. The number of hydrazine groups is 1. The van der Waals surface area contributed by atoms with Crippen LogP contribution in [0, 0.1) is 0 Å². The topological polar surface area (TPSA) is 76.7 Å². The van der Waals surface area contributed by atoms with Crippen molar-refractivity contribution in [3.05, 3.63) is 90.5 Å². The normalized spacial score (nSPS) is 15.7. The SMILES string of the molecule is O=C(NNC(=O)[C@H](Sc1ccccc1)c1ccccc1)[C@@H]1COc2ccccc2O1. The van der Waals surface area contributed by atoms with Crippen molar-refractivity contribution in [1.29, 1.82) is 0 Å². The van der Waals surface area contributed by atoms with Gasteiger partial charge >= 0.3 is 0 Å². The number of para-hydroxylation sites is 2. The van der Waals surface area contributed by atoms with Crippen LogP contribution in [0.1, 0.15) is 10.8 Å². The van der Waals surface area contributed by atoms with Crippen LogP contribution in [0.15, 0.2) is 89.8 Å². The molecule has 7 heteroatoms. The number of thioether (sulfide) groups is 1. The molecular formula is C23H20N2O4S. The fourth-order valence-corrected chi connectivity index (χ4v) is 4.00. The Kier molecular flexibility index (Phi) is 6.20. The van der Waals surface area contributed by atoms with Crippen molar-refractivity contribution in [2.24, 2.45) is 0 Å². The molecule has 1 aliphatic rings. The molecule has 3 aromatic rings. The first-order chi connectivity index (χ1) is 14.7. The second-order valence-electron chi connectivity index (χ2n) is 6.56. The largest absolute Gasteiger partial charge is 0.485 e. The molecule has 152 valence electrons. The summed E-state index contributed by atoms with van der Waals surface area (Å²) in [6.45, 7) is 0.0690. The van der Waals surface area contributed by atoms with Gasteiger partial charge in [0.15, 0.2) is 11.5 Å². The van der Waals surface area contributed by atoms with Gasteiger partial charge in [0.1, 0.15) is 11.9 Å². The van der Waals surface area contributed by atoms with Gasteiger partial charge in [-0.05, 0) is 29.8 Å². The molecule has 0 saturated heterocycles. The zero-order valence-corrected chi connectivity index (χ0v) is 16.8. The molecule has 0 aromatic heterocycles. The van der Waals surface area contributed by atoms with Gasteiger partial charge in [0.05, 0.1) is 0 Å². The second-order valence-corrected chi connectivity index (χ2v) is 7.74. The van der Waals surface area contributed by atoms with E-state index in [2.05, 4.69) is 10.9 Å². The van der Waals surface area contributed by atoms with Gasteiger partial charge in [-0.25, -0.2) is 0 Å². The highest BCUT2D eigenvalue weighted by atomic mass is 32.2. The number of hydrogen-bond acceptors (Lipinski definition) is 5. The van der Waals surface area contributed by atoms with Crippen molar-refractivity contribution in [1.82, 2.24) is 10.9 Å². The number of benzene rings is 3. The molecule has 1 aliphatic heterocycles. The average Bonchev–Trinajstić information content (AvgIpc) is 2.81. The highest BCUT2D eigenvalue weighted by Gasteiger charge is 2.29. The average molecular weight is 420 g/mol. The molecule has 3 aromatic carbocycles. The summed E-state index contributed by atoms with van der Waals surface area (Å²) < 4.78 is 11.2. The smallest absolute Gasteiger partial charge is 0.283 e. The maximum absolute atomic E-state index is 12.9. The van der Waals surface area contributed by atoms with E-state index < -0.39 is 17.3 Å². The van der Waals surface area contributed by atoms with Crippen LogP contribution in [0.2, 0.25) is 0 Å². The first-order valence-electron chi connectivity index (χ1n) is 9.45. The Balaban J connectivity index is 1.41. The van der Waals surface area contributed by atoms with Crippen LogP contribution in [0.3, 0.4) is 0 Å². The van der Waals surface area contributed by atoms with Gasteiger partial charge in [0, 0.05) is 4.90 Å². The minimum atomic E-state index is -0.850. The van der Waals surface area contributed by atoms with Crippen molar-refractivity contribution in [3.63, 3.8) is 0 Å². The Morgan fingerprint density at radius 1 is 0.833 bits per heavy atom. The Morgan fingerprint density at radius 3 is 2.20 bits per heavy atom. The first kappa shape index (κ1) is 19.8. The van der Waals surface area contributed by atoms with Crippen molar-refractivity contribution >= 4 is 23.6 Å². The van der Waals surface area contributed by atoms with Crippen LogP contribution >= 0.6 is 11.8 Å². The van der Waals surface area contributed by atoms with E-state index in [9.17, 15) is 9.59 Å². The molecule has 2 N–H and O–H groups in total. The highest BCUT2D eigenvalue weighted by molar-refractivity contribution is 8.00. The van der Waals surface area contributed by atoms with Crippen LogP contribution in [-0.4, -0.2) is 24.5 Å². The van der Waals surface area contributed by atoms with Crippen LogP contribution in [0.4, 0.5) is 0 Å². The Hall–Kier alpha value is -3.45. The zero-order valence-electron chi connectivity index (χ0n) is 16.0. The fourth-order valence-electron chi connectivity index (χ4n) is 2.95. The fraction of sp³-hybridized carbons (Fsp3) is 0.130. The van der Waals surface area contributed by atoms with Crippen LogP contribution in [-0.2, 0) is 9.59 Å². The van der Waals surface area contributed by atoms with Crippen molar-refractivity contribution in [2.45, 2.75) is 16.2 Å². The van der Waals surface area contributed by atoms with Crippen LogP contribution in [0.25, 0.3) is 0 Å². The molecular weight excluding hydrogens is 400 g/mol. The van der Waals surface area contributed by atoms with E-state index in [0.717, 1.165) is 10.5 Å². The molecule has 2 amide bonds. The van der Waals surface area contributed by atoms with Gasteiger partial charge < -0.3 is 9.47 Å². The summed E-state index contributed by atoms with van der Waals surface area (Å²) in [6.07, 6.45) is -0.850. The maximum Gasteiger partial charge on any atom is 0.283 e. The number of carbonyl (C=O) groups excluding carboxylic acids is 2. The predicted octanol–water partition coefficient (Wildman–Crippen LogP) is 3.51. The van der Waals surface area contributed by atoms with E-state index in [-0.39, 0.29) is 12.5 Å². The van der Waals surface area contributed by atoms with E-state index in [4.69, 9.17) is 9.47 Å². The summed E-state index contributed by atoms with van der Waals surface area (Å²) in [5, 5.41) is -0.529. The van der Waals surface area contributed by atoms with Gasteiger partial charge in [-0.1, -0.05) is 60.7 Å². The second kappa shape index (κ2) is 9.37. The highest BCUT2D eigenvalue weighted by Crippen LogP contribution is 2.35. The van der Waals surface area contributed by atoms with Crippen molar-refractivity contribution in [3.8, 4) is 11.5 Å². The Labute approximate surface area is 178 Å². The molecule has 6 nitrogen and oxygen atoms in total. The van der Waals surface area contributed by atoms with Crippen LogP contribution in [0.5, 0.6) is 11.5 Å². The molecule has 0 aliphatic carbocycles. The lowest BCUT2D eigenvalue weighted by Gasteiger charge is -2.26. The minimum Gasteiger partial charge on any atom is -0.485 e. The maximum atomic E-state index is 12.9. The van der Waals surface area contributed by atoms with E-state index in [1.54, 1.807) is 18.2 Å². The van der Waals surface area contributed by atoms with E-state index >= 15 is 0 Å². The molecule has 2 atom stereocenters.